The van der Waals surface area contributed by atoms with Crippen LogP contribution < -0.4 is 4.46 Å². The fourth-order valence-electron chi connectivity index (χ4n) is 1.62. The normalized spacial score (nSPS) is 10.5. The van der Waals surface area contributed by atoms with E-state index in [0.717, 1.165) is 11.8 Å². The van der Waals surface area contributed by atoms with Gasteiger partial charge in [-0.3, -0.25) is 0 Å². The third-order valence-corrected chi connectivity index (χ3v) is 3.93. The van der Waals surface area contributed by atoms with Gasteiger partial charge in [-0.15, -0.1) is 0 Å². The van der Waals surface area contributed by atoms with E-state index in [-0.39, 0.29) is 0 Å². The monoisotopic (exact) mass is 482 g/mol. The maximum absolute atomic E-state index is 13.4. The van der Waals surface area contributed by atoms with E-state index < -0.39 is 51.8 Å². The zero-order chi connectivity index (χ0) is 18.4. The van der Waals surface area contributed by atoms with Gasteiger partial charge in [-0.05, 0) is 0 Å². The van der Waals surface area contributed by atoms with Crippen molar-refractivity contribution >= 4 is 51.0 Å². The van der Waals surface area contributed by atoms with Gasteiger partial charge >= 0.3 is 160 Å². The van der Waals surface area contributed by atoms with Crippen LogP contribution in [0.25, 0.3) is 0 Å². The first kappa shape index (κ1) is 21.6. The predicted molar refractivity (Wildman–Crippen MR) is 81.8 cm³/mol. The first-order chi connectivity index (χ1) is 11.3. The van der Waals surface area contributed by atoms with Crippen LogP contribution in [-0.2, 0) is 17.0 Å². The van der Waals surface area contributed by atoms with Crippen LogP contribution in [0.15, 0.2) is 23.2 Å². The molecule has 10 heteroatoms. The summed E-state index contributed by atoms with van der Waals surface area (Å²) in [4.78, 5) is 3.40. The Morgan fingerprint density at radius 3 is 1.92 bits per heavy atom. The number of benzene rings is 2. The molecule has 1 nitrogen and oxygen atoms in total. The first-order valence-corrected chi connectivity index (χ1v) is 11.2. The Morgan fingerprint density at radius 2 is 1.42 bits per heavy atom. The van der Waals surface area contributed by atoms with E-state index in [1.807, 2.05) is 0 Å². The molecular formula is C14H7Cl2F5NSeTi. The van der Waals surface area contributed by atoms with Crippen LogP contribution in [0.1, 0.15) is 11.1 Å². The van der Waals surface area contributed by atoms with Crippen LogP contribution in [-0.4, -0.2) is 22.2 Å². The van der Waals surface area contributed by atoms with Gasteiger partial charge in [0, 0.05) is 0 Å². The number of aryl methyl sites for hydroxylation is 1. The molecule has 0 saturated heterocycles. The molecule has 0 unspecified atom stereocenters. The van der Waals surface area contributed by atoms with Crippen molar-refractivity contribution in [3.63, 3.8) is 0 Å². The van der Waals surface area contributed by atoms with E-state index in [0.29, 0.717) is 10.0 Å². The van der Waals surface area contributed by atoms with E-state index in [1.54, 1.807) is 25.1 Å². The maximum atomic E-state index is 13.4. The van der Waals surface area contributed by atoms with E-state index >= 15 is 0 Å². The molecule has 0 aliphatic carbocycles. The summed E-state index contributed by atoms with van der Waals surface area (Å²) in [6.07, 6.45) is 1.04. The van der Waals surface area contributed by atoms with Crippen molar-refractivity contribution in [3.8, 4) is 0 Å². The quantitative estimate of drug-likeness (QED) is 0.195. The van der Waals surface area contributed by atoms with Gasteiger partial charge in [-0.2, -0.15) is 0 Å². The average Bonchev–Trinajstić information content (AvgIpc) is 2.55. The van der Waals surface area contributed by atoms with Crippen molar-refractivity contribution in [3.05, 3.63) is 58.4 Å². The Labute approximate surface area is 159 Å². The molecule has 2 aromatic carbocycles. The van der Waals surface area contributed by atoms with Crippen molar-refractivity contribution in [2.24, 2.45) is 4.99 Å². The van der Waals surface area contributed by atoms with E-state index in [4.69, 9.17) is 18.6 Å². The number of hydrogen-bond donors (Lipinski definition) is 0. The van der Waals surface area contributed by atoms with Crippen molar-refractivity contribution in [1.82, 2.24) is 0 Å². The Hall–Kier alpha value is -0.426. The molecule has 0 bridgehead atoms. The van der Waals surface area contributed by atoms with E-state index in [1.165, 1.54) is 0 Å². The molecule has 0 spiro atoms. The first-order valence-electron chi connectivity index (χ1n) is 6.04. The molecule has 0 N–H and O–H groups in total. The molecule has 1 radical (unpaired) electrons. The predicted octanol–water partition coefficient (Wildman–Crippen LogP) is 4.61. The van der Waals surface area contributed by atoms with Crippen LogP contribution in [0.3, 0.4) is 0 Å². The SMILES string of the molecule is Cc1cccc(C=Nc2c(F)c(F)c(F)c(F)c2F)c1[Se].[Cl][Ti][Cl]. The molecule has 24 heavy (non-hydrogen) atoms. The minimum atomic E-state index is -2.20. The van der Waals surface area contributed by atoms with E-state index in [9.17, 15) is 22.0 Å². The van der Waals surface area contributed by atoms with Gasteiger partial charge < -0.3 is 0 Å². The van der Waals surface area contributed by atoms with Gasteiger partial charge in [-0.25, -0.2) is 0 Å². The van der Waals surface area contributed by atoms with Crippen LogP contribution in [0.4, 0.5) is 27.6 Å². The zero-order valence-corrected chi connectivity index (χ0v) is 16.6. The van der Waals surface area contributed by atoms with Crippen molar-refractivity contribution < 1.29 is 39.0 Å². The molecular weight excluding hydrogens is 475 g/mol. The van der Waals surface area contributed by atoms with Crippen LogP contribution in [0.2, 0.25) is 0 Å². The summed E-state index contributed by atoms with van der Waals surface area (Å²) in [5.41, 5.74) is 0.114. The summed E-state index contributed by atoms with van der Waals surface area (Å²) in [6, 6.07) is 5.06. The van der Waals surface area contributed by atoms with Gasteiger partial charge in [0.1, 0.15) is 0 Å². The fraction of sp³-hybridized carbons (Fsp3) is 0.0714. The van der Waals surface area contributed by atoms with Gasteiger partial charge in [0.15, 0.2) is 0 Å². The molecule has 0 fully saturated rings. The second-order valence-electron chi connectivity index (χ2n) is 4.24. The standard InChI is InChI=1S/C14H7F5NSe.2ClH.Ti/c1-6-3-2-4-7(14(6)21)5-20-13-11(18)9(16)8(15)10(17)12(13)19;;;/h2-5H,1H3;2*1H;/q;;;+2/p-2. The number of rotatable bonds is 2. The molecule has 0 atom stereocenters. The summed E-state index contributed by atoms with van der Waals surface area (Å²) >= 11 is 2.19. The molecule has 0 aliphatic rings. The molecule has 0 amide bonds. The summed E-state index contributed by atoms with van der Waals surface area (Å²) in [6.45, 7) is 1.79. The van der Waals surface area contributed by atoms with Crippen LogP contribution in [0, 0.1) is 36.0 Å². The summed E-state index contributed by atoms with van der Waals surface area (Å²) in [5, 5.41) is 0. The molecule has 2 rings (SSSR count). The summed E-state index contributed by atoms with van der Waals surface area (Å²) in [5.74, 6) is -10.2. The van der Waals surface area contributed by atoms with Crippen molar-refractivity contribution in [1.29, 1.82) is 0 Å². The second kappa shape index (κ2) is 9.90. The third kappa shape index (κ3) is 5.04. The number of nitrogens with zero attached hydrogens (tertiary/aromatic N) is 1. The molecule has 0 aromatic heterocycles. The average molecular weight is 482 g/mol. The molecule has 2 aromatic rings. The second-order valence-corrected chi connectivity index (χ2v) is 7.68. The van der Waals surface area contributed by atoms with E-state index in [2.05, 4.69) is 21.0 Å². The number of aliphatic imine (C=N–C) groups is 1. The number of halogens is 7. The Bertz CT molecular complexity index is 744. The Morgan fingerprint density at radius 1 is 0.958 bits per heavy atom. The van der Waals surface area contributed by atoms with Gasteiger partial charge in [-0.1, -0.05) is 0 Å². The summed E-state index contributed by atoms with van der Waals surface area (Å²) < 4.78 is 66.5. The minimum absolute atomic E-state index is 0.471. The Kier molecular flexibility index (Phi) is 8.92. The van der Waals surface area contributed by atoms with Crippen molar-refractivity contribution in [2.75, 3.05) is 0 Å². The molecule has 127 valence electrons. The Balaban J connectivity index is 0.000000891. The summed E-state index contributed by atoms with van der Waals surface area (Å²) in [7, 11) is 9.78. The molecule has 0 saturated carbocycles. The van der Waals surface area contributed by atoms with Gasteiger partial charge in [0.25, 0.3) is 0 Å². The topological polar surface area (TPSA) is 12.4 Å². The van der Waals surface area contributed by atoms with Gasteiger partial charge in [0.05, 0.1) is 0 Å². The number of hydrogen-bond acceptors (Lipinski definition) is 1. The molecule has 0 heterocycles. The third-order valence-electron chi connectivity index (χ3n) is 2.76. The van der Waals surface area contributed by atoms with Crippen molar-refractivity contribution in [2.45, 2.75) is 6.92 Å². The van der Waals surface area contributed by atoms with Gasteiger partial charge in [0.2, 0.25) is 0 Å². The molecule has 0 aliphatic heterocycles. The fourth-order valence-corrected chi connectivity index (χ4v) is 2.01. The van der Waals surface area contributed by atoms with Crippen LogP contribution in [0.5, 0.6) is 0 Å². The van der Waals surface area contributed by atoms with Crippen LogP contribution >= 0.6 is 18.6 Å². The zero-order valence-electron chi connectivity index (χ0n) is 11.8.